The van der Waals surface area contributed by atoms with E-state index in [1.54, 1.807) is 6.92 Å². The molecule has 2 heterocycles. The molecule has 0 radical (unpaired) electrons. The minimum atomic E-state index is -3.82. The summed E-state index contributed by atoms with van der Waals surface area (Å²) >= 11 is 6.00. The van der Waals surface area contributed by atoms with Gasteiger partial charge in [-0.15, -0.1) is 0 Å². The third-order valence-corrected chi connectivity index (χ3v) is 6.70. The molecule has 2 atom stereocenters. The van der Waals surface area contributed by atoms with E-state index >= 15 is 0 Å². The zero-order valence-electron chi connectivity index (χ0n) is 12.0. The second-order valence-electron chi connectivity index (χ2n) is 5.85. The van der Waals surface area contributed by atoms with Gasteiger partial charge in [0.15, 0.2) is 0 Å². The summed E-state index contributed by atoms with van der Waals surface area (Å²) in [7, 11) is -3.82. The lowest BCUT2D eigenvalue weighted by Crippen LogP contribution is -2.32. The summed E-state index contributed by atoms with van der Waals surface area (Å²) in [5.74, 6) is 0.599. The minimum absolute atomic E-state index is 0.172. The highest BCUT2D eigenvalue weighted by atomic mass is 35.5. The lowest BCUT2D eigenvalue weighted by atomic mass is 10.0. The van der Waals surface area contributed by atoms with E-state index in [2.05, 4.69) is 5.32 Å². The number of benzene rings is 1. The Kier molecular flexibility index (Phi) is 3.88. The number of rotatable bonds is 3. The Morgan fingerprint density at radius 1 is 1.32 bits per heavy atom. The van der Waals surface area contributed by atoms with Crippen LogP contribution in [-0.2, 0) is 10.0 Å². The molecule has 7 nitrogen and oxygen atoms in total. The number of nitro groups is 1. The fraction of sp³-hybridized carbons (Fsp3) is 0.538. The predicted octanol–water partition coefficient (Wildman–Crippen LogP) is 1.40. The van der Waals surface area contributed by atoms with Gasteiger partial charge in [0.25, 0.3) is 5.69 Å². The zero-order valence-corrected chi connectivity index (χ0v) is 13.5. The van der Waals surface area contributed by atoms with Crippen molar-refractivity contribution in [3.63, 3.8) is 0 Å². The molecular formula is C13H16ClN3O4S. The SMILES string of the molecule is Cc1cc([N+](=O)[O-])c(Cl)c(S(=O)(=O)N2C[C@H]3CNC[C@H]3C2)c1. The van der Waals surface area contributed by atoms with Crippen LogP contribution in [-0.4, -0.2) is 43.8 Å². The van der Waals surface area contributed by atoms with Gasteiger partial charge >= 0.3 is 0 Å². The second-order valence-corrected chi connectivity index (χ2v) is 8.14. The van der Waals surface area contributed by atoms with Gasteiger partial charge in [0.1, 0.15) is 9.92 Å². The van der Waals surface area contributed by atoms with Crippen LogP contribution >= 0.6 is 11.6 Å². The molecule has 0 aliphatic carbocycles. The molecule has 2 aliphatic rings. The molecule has 2 fully saturated rings. The Bertz CT molecular complexity index is 725. The highest BCUT2D eigenvalue weighted by Gasteiger charge is 2.42. The number of aryl methyl sites for hydroxylation is 1. The van der Waals surface area contributed by atoms with E-state index in [1.165, 1.54) is 16.4 Å². The van der Waals surface area contributed by atoms with E-state index in [0.29, 0.717) is 30.5 Å². The summed E-state index contributed by atoms with van der Waals surface area (Å²) in [6.45, 7) is 4.08. The van der Waals surface area contributed by atoms with Gasteiger partial charge in [0, 0.05) is 19.2 Å². The molecule has 1 aromatic rings. The molecule has 0 aromatic heterocycles. The van der Waals surface area contributed by atoms with Crippen LogP contribution in [0.25, 0.3) is 0 Å². The summed E-state index contributed by atoms with van der Waals surface area (Å²) in [4.78, 5) is 10.2. The van der Waals surface area contributed by atoms with E-state index in [4.69, 9.17) is 11.6 Å². The van der Waals surface area contributed by atoms with Crippen molar-refractivity contribution in [1.29, 1.82) is 0 Å². The maximum atomic E-state index is 12.8. The van der Waals surface area contributed by atoms with Gasteiger partial charge in [-0.3, -0.25) is 10.1 Å². The topological polar surface area (TPSA) is 92.5 Å². The average molecular weight is 346 g/mol. The summed E-state index contributed by atoms with van der Waals surface area (Å²) in [6, 6.07) is 2.68. The summed E-state index contributed by atoms with van der Waals surface area (Å²) in [5.41, 5.74) is 0.122. The molecule has 0 spiro atoms. The van der Waals surface area contributed by atoms with Crippen molar-refractivity contribution in [3.05, 3.63) is 32.8 Å². The molecule has 1 N–H and O–H groups in total. The molecule has 0 saturated carbocycles. The van der Waals surface area contributed by atoms with Gasteiger partial charge in [0.05, 0.1) is 4.92 Å². The monoisotopic (exact) mass is 345 g/mol. The van der Waals surface area contributed by atoms with Crippen LogP contribution in [0.1, 0.15) is 5.56 Å². The van der Waals surface area contributed by atoms with E-state index in [9.17, 15) is 18.5 Å². The summed E-state index contributed by atoms with van der Waals surface area (Å²) < 4.78 is 27.0. The molecule has 9 heteroatoms. The molecule has 0 amide bonds. The number of nitro benzene ring substituents is 1. The predicted molar refractivity (Wildman–Crippen MR) is 81.5 cm³/mol. The lowest BCUT2D eigenvalue weighted by molar-refractivity contribution is -0.385. The van der Waals surface area contributed by atoms with Gasteiger partial charge < -0.3 is 5.32 Å². The molecule has 0 unspecified atom stereocenters. The van der Waals surface area contributed by atoms with Gasteiger partial charge in [-0.05, 0) is 43.5 Å². The third kappa shape index (κ3) is 2.50. The normalized spacial score (nSPS) is 25.4. The van der Waals surface area contributed by atoms with E-state index in [-0.39, 0.29) is 15.6 Å². The van der Waals surface area contributed by atoms with E-state index < -0.39 is 14.9 Å². The van der Waals surface area contributed by atoms with Crippen LogP contribution in [0.3, 0.4) is 0 Å². The largest absolute Gasteiger partial charge is 0.316 e. The molecule has 1 aromatic carbocycles. The number of nitrogens with zero attached hydrogens (tertiary/aromatic N) is 2. The number of hydrogen-bond acceptors (Lipinski definition) is 5. The number of hydrogen-bond donors (Lipinski definition) is 1. The second kappa shape index (κ2) is 5.45. The number of halogens is 1. The fourth-order valence-corrected chi connectivity index (χ4v) is 5.38. The Hall–Kier alpha value is -1.22. The Morgan fingerprint density at radius 2 is 1.91 bits per heavy atom. The van der Waals surface area contributed by atoms with Crippen LogP contribution in [0.5, 0.6) is 0 Å². The zero-order chi connectivity index (χ0) is 16.1. The van der Waals surface area contributed by atoms with Crippen molar-refractivity contribution >= 4 is 27.3 Å². The van der Waals surface area contributed by atoms with Gasteiger partial charge in [-0.2, -0.15) is 4.31 Å². The van der Waals surface area contributed by atoms with Crippen LogP contribution < -0.4 is 5.32 Å². The minimum Gasteiger partial charge on any atom is -0.316 e. The number of fused-ring (bicyclic) bond motifs is 1. The number of nitrogens with one attached hydrogen (secondary N) is 1. The quantitative estimate of drug-likeness (QED) is 0.660. The fourth-order valence-electron chi connectivity index (χ4n) is 3.19. The number of sulfonamides is 1. The molecule has 22 heavy (non-hydrogen) atoms. The summed E-state index contributed by atoms with van der Waals surface area (Å²) in [5, 5.41) is 14.0. The average Bonchev–Trinajstić information content (AvgIpc) is 3.01. The molecule has 3 rings (SSSR count). The van der Waals surface area contributed by atoms with Gasteiger partial charge in [0.2, 0.25) is 10.0 Å². The molecule has 120 valence electrons. The first-order chi connectivity index (χ1) is 10.3. The maximum absolute atomic E-state index is 12.8. The van der Waals surface area contributed by atoms with E-state index in [0.717, 1.165) is 13.1 Å². The van der Waals surface area contributed by atoms with Crippen LogP contribution in [0.2, 0.25) is 5.02 Å². The first kappa shape index (κ1) is 15.7. The van der Waals surface area contributed by atoms with Crippen molar-refractivity contribution in [2.24, 2.45) is 11.8 Å². The Labute approximate surface area is 133 Å². The van der Waals surface area contributed by atoms with Crippen molar-refractivity contribution in [1.82, 2.24) is 9.62 Å². The lowest BCUT2D eigenvalue weighted by Gasteiger charge is -2.18. The molecule has 0 bridgehead atoms. The van der Waals surface area contributed by atoms with Crippen molar-refractivity contribution in [3.8, 4) is 0 Å². The van der Waals surface area contributed by atoms with Crippen LogP contribution in [0.15, 0.2) is 17.0 Å². The Morgan fingerprint density at radius 3 is 2.45 bits per heavy atom. The highest BCUT2D eigenvalue weighted by molar-refractivity contribution is 7.89. The molecular weight excluding hydrogens is 330 g/mol. The molecule has 2 saturated heterocycles. The summed E-state index contributed by atoms with van der Waals surface area (Å²) in [6.07, 6.45) is 0. The standard InChI is InChI=1S/C13H16ClN3O4S/c1-8-2-11(17(18)19)13(14)12(3-8)22(20,21)16-6-9-4-15-5-10(9)7-16/h2-3,9-10,15H,4-7H2,1H3/t9-,10+. The van der Waals surface area contributed by atoms with Crippen LogP contribution in [0.4, 0.5) is 5.69 Å². The molecule has 2 aliphatic heterocycles. The van der Waals surface area contributed by atoms with Crippen molar-refractivity contribution in [2.45, 2.75) is 11.8 Å². The third-order valence-electron chi connectivity index (χ3n) is 4.33. The van der Waals surface area contributed by atoms with Crippen LogP contribution in [0, 0.1) is 28.9 Å². The van der Waals surface area contributed by atoms with Crippen molar-refractivity contribution < 1.29 is 13.3 Å². The smallest absolute Gasteiger partial charge is 0.289 e. The van der Waals surface area contributed by atoms with Gasteiger partial charge in [-0.25, -0.2) is 8.42 Å². The highest BCUT2D eigenvalue weighted by Crippen LogP contribution is 2.37. The maximum Gasteiger partial charge on any atom is 0.289 e. The first-order valence-corrected chi connectivity index (χ1v) is 8.78. The Balaban J connectivity index is 2.01. The van der Waals surface area contributed by atoms with Crippen molar-refractivity contribution in [2.75, 3.05) is 26.2 Å². The van der Waals surface area contributed by atoms with E-state index in [1.807, 2.05) is 0 Å². The van der Waals surface area contributed by atoms with Gasteiger partial charge in [-0.1, -0.05) is 11.6 Å². The first-order valence-electron chi connectivity index (χ1n) is 6.96.